The maximum absolute atomic E-state index is 11.3. The first-order valence-corrected chi connectivity index (χ1v) is 6.26. The van der Waals surface area contributed by atoms with Crippen molar-refractivity contribution in [1.82, 2.24) is 0 Å². The van der Waals surface area contributed by atoms with Crippen molar-refractivity contribution in [3.8, 4) is 0 Å². The van der Waals surface area contributed by atoms with E-state index in [0.717, 1.165) is 0 Å². The molecule has 17 heavy (non-hydrogen) atoms. The number of halogens is 2. The van der Waals surface area contributed by atoms with Crippen LogP contribution in [0.1, 0.15) is 0 Å². The van der Waals surface area contributed by atoms with Crippen molar-refractivity contribution in [3.05, 3.63) is 25.8 Å². The minimum atomic E-state index is -2.58. The van der Waals surface area contributed by atoms with Crippen molar-refractivity contribution in [1.29, 1.82) is 0 Å². The van der Waals surface area contributed by atoms with E-state index in [1.807, 2.05) is 0 Å². The van der Waals surface area contributed by atoms with Crippen molar-refractivity contribution in [3.63, 3.8) is 0 Å². The molecule has 91 valence electrons. The molecule has 0 saturated heterocycles. The topological polar surface area (TPSA) is 85.5 Å². The molecule has 0 aromatic carbocycles. The van der Waals surface area contributed by atoms with Gasteiger partial charge in [0.25, 0.3) is 0 Å². The van der Waals surface area contributed by atoms with Gasteiger partial charge in [0, 0.05) is 20.4 Å². The predicted octanol–water partition coefficient (Wildman–Crippen LogP) is -1.54. The number of carbonyl (C=O) groups excluding carboxylic acids is 1. The van der Waals surface area contributed by atoms with Gasteiger partial charge in [-0.05, 0) is 44.0 Å². The summed E-state index contributed by atoms with van der Waals surface area (Å²) in [7, 11) is -2.58. The molecule has 0 amide bonds. The molecule has 1 rings (SSSR count). The molecule has 0 aromatic heterocycles. The van der Waals surface area contributed by atoms with E-state index in [1.54, 1.807) is 0 Å². The number of ketones is 1. The Balaban J connectivity index is 0. The zero-order valence-corrected chi connectivity index (χ0v) is 20.1. The van der Waals surface area contributed by atoms with Crippen LogP contribution in [0.4, 0.5) is 0 Å². The van der Waals surface area contributed by atoms with E-state index >= 15 is 0 Å². The SMILES string of the molecule is O=C1C(Br)=CC(O)(C[N-][S-](=O)=O)C=C1Br.[Rb+].[Re]. The molecule has 0 saturated carbocycles. The van der Waals surface area contributed by atoms with Gasteiger partial charge in [0.05, 0.1) is 14.6 Å². The summed E-state index contributed by atoms with van der Waals surface area (Å²) in [4.78, 5) is 11.3. The van der Waals surface area contributed by atoms with Crippen LogP contribution < -0.4 is 58.2 Å². The van der Waals surface area contributed by atoms with Crippen molar-refractivity contribution in [2.45, 2.75) is 5.60 Å². The average Bonchev–Trinajstić information content (AvgIpc) is 2.11. The number of rotatable bonds is 3. The zero-order chi connectivity index (χ0) is 11.6. The van der Waals surface area contributed by atoms with Gasteiger partial charge < -0.3 is 18.2 Å². The van der Waals surface area contributed by atoms with Crippen LogP contribution in [0, 0.1) is 0 Å². The number of aliphatic hydroxyl groups is 1. The normalized spacial score (nSPS) is 17.8. The fourth-order valence-electron chi connectivity index (χ4n) is 0.973. The van der Waals surface area contributed by atoms with Gasteiger partial charge in [-0.2, -0.15) is 10.9 Å². The summed E-state index contributed by atoms with van der Waals surface area (Å²) < 4.78 is 23.9. The van der Waals surface area contributed by atoms with Crippen LogP contribution in [0.3, 0.4) is 0 Å². The standard InChI is InChI=1S/C7H5Br2NO4S.Rb.Re/c8-4-1-7(12,3-10-15(13)14)2-5(9)6(4)11;;/h1-2,12H,3H2;;/q-2;+1;. The van der Waals surface area contributed by atoms with Crippen LogP contribution in [0.25, 0.3) is 4.72 Å². The second kappa shape index (κ2) is 9.40. The molecule has 0 fully saturated rings. The largest absolute Gasteiger partial charge is 1.00 e. The van der Waals surface area contributed by atoms with Crippen molar-refractivity contribution in [2.24, 2.45) is 0 Å². The van der Waals surface area contributed by atoms with Crippen LogP contribution >= 0.6 is 31.9 Å². The van der Waals surface area contributed by atoms with Crippen molar-refractivity contribution >= 4 is 48.5 Å². The van der Waals surface area contributed by atoms with Crippen molar-refractivity contribution in [2.75, 3.05) is 6.54 Å². The molecular weight excluding hydrogens is 626 g/mol. The van der Waals surface area contributed by atoms with Gasteiger partial charge in [-0.15, -0.1) is 6.54 Å². The van der Waals surface area contributed by atoms with Gasteiger partial charge in [-0.1, -0.05) is 0 Å². The zero-order valence-electron chi connectivity index (χ0n) is 8.52. The summed E-state index contributed by atoms with van der Waals surface area (Å²) in [6.45, 7) is -0.361. The van der Waals surface area contributed by atoms with Crippen LogP contribution in [-0.2, 0) is 44.5 Å². The van der Waals surface area contributed by atoms with Crippen molar-refractivity contribution < 1.29 is 96.9 Å². The van der Waals surface area contributed by atoms with Gasteiger partial charge in [0.2, 0.25) is 5.78 Å². The van der Waals surface area contributed by atoms with E-state index < -0.39 is 16.5 Å². The van der Waals surface area contributed by atoms with E-state index in [9.17, 15) is 18.3 Å². The molecule has 1 aliphatic rings. The second-order valence-corrected chi connectivity index (χ2v) is 5.21. The predicted molar refractivity (Wildman–Crippen MR) is 60.9 cm³/mol. The third-order valence-electron chi connectivity index (χ3n) is 1.61. The maximum atomic E-state index is 11.3. The van der Waals surface area contributed by atoms with E-state index in [1.165, 1.54) is 12.2 Å². The van der Waals surface area contributed by atoms with E-state index in [2.05, 4.69) is 36.6 Å². The van der Waals surface area contributed by atoms with E-state index in [-0.39, 0.29) is 99.9 Å². The summed E-state index contributed by atoms with van der Waals surface area (Å²) in [6, 6.07) is 0. The summed E-state index contributed by atoms with van der Waals surface area (Å²) >= 11 is 5.92. The number of nitrogens with zero attached hydrogens (tertiary/aromatic N) is 1. The Morgan fingerprint density at radius 3 is 2.06 bits per heavy atom. The fraction of sp³-hybridized carbons (Fsp3) is 0.286. The van der Waals surface area contributed by atoms with E-state index in [4.69, 9.17) is 0 Å². The Hall–Kier alpha value is 2.45. The Morgan fingerprint density at radius 2 is 1.71 bits per heavy atom. The molecule has 0 heterocycles. The Kier molecular flexibility index (Phi) is 12.0. The van der Waals surface area contributed by atoms with Gasteiger partial charge in [-0.3, -0.25) is 4.79 Å². The molecule has 1 aliphatic carbocycles. The second-order valence-electron chi connectivity index (χ2n) is 2.81. The van der Waals surface area contributed by atoms with Crippen LogP contribution in [0.15, 0.2) is 21.1 Å². The van der Waals surface area contributed by atoms with Gasteiger partial charge in [0.1, 0.15) is 0 Å². The molecule has 1 N–H and O–H groups in total. The monoisotopic (exact) mass is 629 g/mol. The molecule has 0 aliphatic heterocycles. The third kappa shape index (κ3) is 7.13. The molecule has 5 nitrogen and oxygen atoms in total. The Bertz CT molecular complexity index is 408. The minimum Gasteiger partial charge on any atom is -0.715 e. The van der Waals surface area contributed by atoms with Crippen LogP contribution in [-0.4, -0.2) is 23.0 Å². The van der Waals surface area contributed by atoms with Crippen LogP contribution in [0.2, 0.25) is 0 Å². The molecular formula is C7H5Br2NO4RbReS-. The molecule has 0 aromatic rings. The maximum Gasteiger partial charge on any atom is 1.00 e. The van der Waals surface area contributed by atoms with Gasteiger partial charge in [0.15, 0.2) is 0 Å². The molecule has 0 bridgehead atoms. The summed E-state index contributed by atoms with van der Waals surface area (Å²) in [5.41, 5.74) is -1.56. The molecule has 10 heteroatoms. The Labute approximate surface area is 180 Å². The number of carbonyl (C=O) groups is 1. The summed E-state index contributed by atoms with van der Waals surface area (Å²) in [6.07, 6.45) is 2.41. The van der Waals surface area contributed by atoms with Crippen LogP contribution in [0.5, 0.6) is 0 Å². The van der Waals surface area contributed by atoms with Gasteiger partial charge >= 0.3 is 58.2 Å². The first-order valence-electron chi connectivity index (χ1n) is 3.65. The number of Topliss-reactive ketones (excluding diaryl/α,β-unsaturated/α-hetero) is 1. The van der Waals surface area contributed by atoms with Gasteiger partial charge in [-0.25, -0.2) is 0 Å². The minimum absolute atomic E-state index is 0. The first kappa shape index (κ1) is 21.7. The average molecular weight is 631 g/mol. The third-order valence-corrected chi connectivity index (χ3v) is 3.13. The number of hydrogen-bond donors (Lipinski definition) is 1. The smallest absolute Gasteiger partial charge is 0.715 e. The fourth-order valence-corrected chi connectivity index (χ4v) is 2.77. The quantitative estimate of drug-likeness (QED) is 0.384. The number of hydrogen-bond acceptors (Lipinski definition) is 5. The summed E-state index contributed by atoms with van der Waals surface area (Å²) in [5.74, 6) is -0.317. The molecule has 0 spiro atoms. The Morgan fingerprint density at radius 1 is 1.29 bits per heavy atom. The number of allylic oxidation sites excluding steroid dienone is 2. The van der Waals surface area contributed by atoms with E-state index in [0.29, 0.717) is 0 Å². The first-order chi connectivity index (χ1) is 6.84. The molecule has 0 unspecified atom stereocenters. The summed E-state index contributed by atoms with van der Waals surface area (Å²) in [5, 5.41) is 9.85. The molecule has 0 atom stereocenters. The molecule has 1 radical (unpaired) electrons.